The Morgan fingerprint density at radius 2 is 1.42 bits per heavy atom. The maximum Gasteiger partial charge on any atom is 0.326 e. The first kappa shape index (κ1) is 24.1. The standard InChI is InChI=1S/C15H28N4O6S/c1-6(2)10(15(24)25)18-14(23)11(8(4)20)19-12(21)7(3)17-13(22)9(16)5-26/h6-11,20,26H,5,16H2,1-4H3,(H,17,22)(H,18,23)(H,19,21)(H,24,25). The number of aliphatic hydroxyl groups excluding tert-OH is 1. The summed E-state index contributed by atoms with van der Waals surface area (Å²) in [5.74, 6) is -3.72. The molecule has 10 nitrogen and oxygen atoms in total. The molecule has 0 aromatic heterocycles. The van der Waals surface area contributed by atoms with Crippen molar-refractivity contribution in [3.05, 3.63) is 0 Å². The van der Waals surface area contributed by atoms with Crippen molar-refractivity contribution in [3.63, 3.8) is 0 Å². The van der Waals surface area contributed by atoms with Gasteiger partial charge in [-0.25, -0.2) is 4.79 Å². The summed E-state index contributed by atoms with van der Waals surface area (Å²) in [4.78, 5) is 47.3. The Balaban J connectivity index is 5.00. The number of carbonyl (C=O) groups is 4. The lowest BCUT2D eigenvalue weighted by Gasteiger charge is -2.26. The van der Waals surface area contributed by atoms with E-state index < -0.39 is 59.9 Å². The maximum absolute atomic E-state index is 12.3. The van der Waals surface area contributed by atoms with Crippen molar-refractivity contribution in [1.29, 1.82) is 0 Å². The van der Waals surface area contributed by atoms with E-state index in [2.05, 4.69) is 28.6 Å². The molecule has 150 valence electrons. The van der Waals surface area contributed by atoms with Gasteiger partial charge in [-0.15, -0.1) is 0 Å². The lowest BCUT2D eigenvalue weighted by molar-refractivity contribution is -0.144. The Kier molecular flexibility index (Phi) is 10.2. The van der Waals surface area contributed by atoms with Gasteiger partial charge < -0.3 is 31.9 Å². The number of carboxylic acids is 1. The van der Waals surface area contributed by atoms with Crippen molar-refractivity contribution in [2.24, 2.45) is 11.7 Å². The molecule has 7 N–H and O–H groups in total. The van der Waals surface area contributed by atoms with Crippen LogP contribution in [0.2, 0.25) is 0 Å². The van der Waals surface area contributed by atoms with Gasteiger partial charge in [0.25, 0.3) is 0 Å². The predicted molar refractivity (Wildman–Crippen MR) is 97.4 cm³/mol. The summed E-state index contributed by atoms with van der Waals surface area (Å²) < 4.78 is 0. The van der Waals surface area contributed by atoms with Gasteiger partial charge in [-0.05, 0) is 19.8 Å². The molecule has 0 spiro atoms. The molecule has 5 atom stereocenters. The summed E-state index contributed by atoms with van der Waals surface area (Å²) in [6.07, 6.45) is -1.29. The second-order valence-electron chi connectivity index (χ2n) is 6.31. The van der Waals surface area contributed by atoms with E-state index >= 15 is 0 Å². The van der Waals surface area contributed by atoms with E-state index in [1.165, 1.54) is 13.8 Å². The molecule has 0 saturated carbocycles. The molecule has 26 heavy (non-hydrogen) atoms. The number of carbonyl (C=O) groups excluding carboxylic acids is 3. The third-order valence-corrected chi connectivity index (χ3v) is 3.97. The van der Waals surface area contributed by atoms with Crippen LogP contribution in [0.3, 0.4) is 0 Å². The quantitative estimate of drug-likeness (QED) is 0.207. The molecule has 0 aromatic rings. The number of thiol groups is 1. The molecular weight excluding hydrogens is 364 g/mol. The summed E-state index contributed by atoms with van der Waals surface area (Å²) in [5, 5.41) is 25.8. The normalized spacial score (nSPS) is 16.8. The van der Waals surface area contributed by atoms with Gasteiger partial charge in [0, 0.05) is 5.75 Å². The van der Waals surface area contributed by atoms with Crippen molar-refractivity contribution >= 4 is 36.3 Å². The number of aliphatic carboxylic acids is 1. The number of hydrogen-bond donors (Lipinski definition) is 7. The van der Waals surface area contributed by atoms with Gasteiger partial charge in [-0.1, -0.05) is 13.8 Å². The van der Waals surface area contributed by atoms with E-state index in [0.717, 1.165) is 0 Å². The first-order valence-corrected chi connectivity index (χ1v) is 8.74. The van der Waals surface area contributed by atoms with Gasteiger partial charge in [0.05, 0.1) is 12.1 Å². The number of hydrogen-bond acceptors (Lipinski definition) is 7. The number of nitrogens with two attached hydrogens (primary N) is 1. The van der Waals surface area contributed by atoms with Crippen molar-refractivity contribution in [2.45, 2.75) is 58.0 Å². The van der Waals surface area contributed by atoms with Crippen LogP contribution >= 0.6 is 12.6 Å². The molecule has 5 unspecified atom stereocenters. The maximum atomic E-state index is 12.3. The number of rotatable bonds is 10. The van der Waals surface area contributed by atoms with Crippen LogP contribution in [0.15, 0.2) is 0 Å². The highest BCUT2D eigenvalue weighted by Crippen LogP contribution is 2.04. The minimum Gasteiger partial charge on any atom is -0.480 e. The molecule has 0 aliphatic rings. The van der Waals surface area contributed by atoms with Crippen LogP contribution in [0.1, 0.15) is 27.7 Å². The van der Waals surface area contributed by atoms with Crippen LogP contribution < -0.4 is 21.7 Å². The summed E-state index contributed by atoms with van der Waals surface area (Å²) in [6, 6.07) is -4.48. The van der Waals surface area contributed by atoms with Crippen molar-refractivity contribution in [2.75, 3.05) is 5.75 Å². The average molecular weight is 392 g/mol. The Hall–Kier alpha value is -1.85. The van der Waals surface area contributed by atoms with Crippen LogP contribution in [0.25, 0.3) is 0 Å². The second kappa shape index (κ2) is 11.0. The van der Waals surface area contributed by atoms with Crippen LogP contribution in [-0.4, -0.2) is 69.9 Å². The molecular formula is C15H28N4O6S. The largest absolute Gasteiger partial charge is 0.480 e. The smallest absolute Gasteiger partial charge is 0.326 e. The summed E-state index contributed by atoms with van der Waals surface area (Å²) >= 11 is 3.88. The van der Waals surface area contributed by atoms with Gasteiger partial charge in [0.15, 0.2) is 0 Å². The molecule has 11 heteroatoms. The molecule has 0 aromatic carbocycles. The zero-order chi connectivity index (χ0) is 20.6. The number of carboxylic acid groups (broad SMARTS) is 1. The fraction of sp³-hybridized carbons (Fsp3) is 0.733. The lowest BCUT2D eigenvalue weighted by atomic mass is 10.0. The molecule has 0 aliphatic heterocycles. The van der Waals surface area contributed by atoms with E-state index in [4.69, 9.17) is 10.8 Å². The summed E-state index contributed by atoms with van der Waals surface area (Å²) in [7, 11) is 0. The highest BCUT2D eigenvalue weighted by atomic mass is 32.1. The second-order valence-corrected chi connectivity index (χ2v) is 6.68. The molecule has 0 bridgehead atoms. The Morgan fingerprint density at radius 1 is 0.923 bits per heavy atom. The Labute approximate surface area is 157 Å². The monoisotopic (exact) mass is 392 g/mol. The minimum absolute atomic E-state index is 0.0880. The number of amides is 3. The van der Waals surface area contributed by atoms with E-state index in [1.54, 1.807) is 13.8 Å². The van der Waals surface area contributed by atoms with Crippen LogP contribution in [-0.2, 0) is 19.2 Å². The van der Waals surface area contributed by atoms with Gasteiger partial charge in [0.1, 0.15) is 18.1 Å². The molecule has 0 saturated heterocycles. The van der Waals surface area contributed by atoms with Crippen LogP contribution in [0, 0.1) is 5.92 Å². The molecule has 0 heterocycles. The van der Waals surface area contributed by atoms with E-state index in [0.29, 0.717) is 0 Å². The van der Waals surface area contributed by atoms with E-state index in [-0.39, 0.29) is 5.75 Å². The first-order valence-electron chi connectivity index (χ1n) is 8.10. The number of aliphatic hydroxyl groups is 1. The molecule has 0 radical (unpaired) electrons. The third kappa shape index (κ3) is 7.58. The van der Waals surface area contributed by atoms with Gasteiger partial charge in [-0.3, -0.25) is 14.4 Å². The Bertz CT molecular complexity index is 528. The van der Waals surface area contributed by atoms with Crippen LogP contribution in [0.4, 0.5) is 0 Å². The van der Waals surface area contributed by atoms with E-state index in [9.17, 15) is 24.3 Å². The lowest BCUT2D eigenvalue weighted by Crippen LogP contribution is -2.59. The Morgan fingerprint density at radius 3 is 1.81 bits per heavy atom. The van der Waals surface area contributed by atoms with Crippen molar-refractivity contribution in [1.82, 2.24) is 16.0 Å². The van der Waals surface area contributed by atoms with Gasteiger partial charge in [-0.2, -0.15) is 12.6 Å². The minimum atomic E-state index is -1.39. The topological polar surface area (TPSA) is 171 Å². The van der Waals surface area contributed by atoms with Gasteiger partial charge in [0.2, 0.25) is 17.7 Å². The number of nitrogens with one attached hydrogen (secondary N) is 3. The fourth-order valence-electron chi connectivity index (χ4n) is 1.91. The fourth-order valence-corrected chi connectivity index (χ4v) is 2.07. The van der Waals surface area contributed by atoms with Crippen molar-refractivity contribution < 1.29 is 29.4 Å². The SMILES string of the molecule is CC(NC(=O)C(N)CS)C(=O)NC(C(=O)NC(C(=O)O)C(C)C)C(C)O. The zero-order valence-electron chi connectivity index (χ0n) is 15.2. The summed E-state index contributed by atoms with van der Waals surface area (Å²) in [6.45, 7) is 5.87. The predicted octanol–water partition coefficient (Wildman–Crippen LogP) is -2.16. The zero-order valence-corrected chi connectivity index (χ0v) is 16.1. The molecule has 0 rings (SSSR count). The van der Waals surface area contributed by atoms with Crippen molar-refractivity contribution in [3.8, 4) is 0 Å². The molecule has 0 aliphatic carbocycles. The molecule has 3 amide bonds. The first-order chi connectivity index (χ1) is 11.9. The highest BCUT2D eigenvalue weighted by molar-refractivity contribution is 7.80. The van der Waals surface area contributed by atoms with Gasteiger partial charge >= 0.3 is 5.97 Å². The van der Waals surface area contributed by atoms with Crippen LogP contribution in [0.5, 0.6) is 0 Å². The van der Waals surface area contributed by atoms with E-state index in [1.807, 2.05) is 0 Å². The summed E-state index contributed by atoms with van der Waals surface area (Å²) in [5.41, 5.74) is 5.49. The highest BCUT2D eigenvalue weighted by Gasteiger charge is 2.32. The average Bonchev–Trinajstić information content (AvgIpc) is 2.54. The molecule has 0 fully saturated rings. The third-order valence-electron chi connectivity index (χ3n) is 3.58.